The monoisotopic (exact) mass is 406 g/mol. The van der Waals surface area contributed by atoms with Gasteiger partial charge in [-0.25, -0.2) is 8.42 Å². The first-order valence-corrected chi connectivity index (χ1v) is 11.4. The van der Waals surface area contributed by atoms with E-state index in [-0.39, 0.29) is 5.91 Å². The van der Waals surface area contributed by atoms with Gasteiger partial charge in [0.15, 0.2) is 9.84 Å². The van der Waals surface area contributed by atoms with Gasteiger partial charge in [-0.05, 0) is 42.0 Å². The highest BCUT2D eigenvalue weighted by Crippen LogP contribution is 2.26. The third-order valence-electron chi connectivity index (χ3n) is 4.79. The van der Waals surface area contributed by atoms with E-state index in [9.17, 15) is 18.0 Å². The summed E-state index contributed by atoms with van der Waals surface area (Å²) >= 11 is 1.65. The first-order chi connectivity index (χ1) is 12.9. The summed E-state index contributed by atoms with van der Waals surface area (Å²) < 4.78 is 24.6. The maximum atomic E-state index is 12.7. The van der Waals surface area contributed by atoms with Crippen molar-refractivity contribution in [2.45, 2.75) is 18.1 Å². The highest BCUT2D eigenvalue weighted by Gasteiger charge is 2.33. The molecule has 144 valence electrons. The lowest BCUT2D eigenvalue weighted by Crippen LogP contribution is -2.44. The Balaban J connectivity index is 1.61. The first-order valence-electron chi connectivity index (χ1n) is 8.76. The Morgan fingerprint density at radius 2 is 1.81 bits per heavy atom. The zero-order valence-electron chi connectivity index (χ0n) is 15.1. The van der Waals surface area contributed by atoms with Crippen LogP contribution in [0.4, 0.5) is 0 Å². The molecule has 1 aromatic carbocycles. The SMILES string of the molecule is CNC(=O)CS(=O)(=O)C1CCN(C(=O)c2ccc(-c3cccs3)cc2)CC1. The van der Waals surface area contributed by atoms with Gasteiger partial charge in [-0.15, -0.1) is 11.3 Å². The Hall–Kier alpha value is -2.19. The average Bonchev–Trinajstić information content (AvgIpc) is 3.22. The van der Waals surface area contributed by atoms with Gasteiger partial charge in [0.05, 0.1) is 5.25 Å². The number of sulfone groups is 1. The Morgan fingerprint density at radius 3 is 2.37 bits per heavy atom. The van der Waals surface area contributed by atoms with E-state index in [4.69, 9.17) is 0 Å². The molecule has 1 aliphatic heterocycles. The Morgan fingerprint density at radius 1 is 1.15 bits per heavy atom. The summed E-state index contributed by atoms with van der Waals surface area (Å²) in [4.78, 5) is 26.9. The minimum absolute atomic E-state index is 0.0881. The second kappa shape index (κ2) is 8.22. The highest BCUT2D eigenvalue weighted by atomic mass is 32.2. The number of carbonyl (C=O) groups is 2. The smallest absolute Gasteiger partial charge is 0.253 e. The third-order valence-corrected chi connectivity index (χ3v) is 7.86. The van der Waals surface area contributed by atoms with E-state index in [1.165, 1.54) is 7.05 Å². The van der Waals surface area contributed by atoms with Crippen molar-refractivity contribution < 1.29 is 18.0 Å². The molecule has 2 amide bonds. The Labute approximate surface area is 163 Å². The fraction of sp³-hybridized carbons (Fsp3) is 0.368. The Bertz CT molecular complexity index is 898. The number of hydrogen-bond acceptors (Lipinski definition) is 5. The summed E-state index contributed by atoms with van der Waals surface area (Å²) in [5.74, 6) is -1.08. The summed E-state index contributed by atoms with van der Waals surface area (Å²) in [5, 5.41) is 3.78. The molecule has 1 N–H and O–H groups in total. The molecule has 0 aliphatic carbocycles. The predicted molar refractivity (Wildman–Crippen MR) is 107 cm³/mol. The van der Waals surface area contributed by atoms with Crippen LogP contribution in [0.5, 0.6) is 0 Å². The minimum Gasteiger partial charge on any atom is -0.358 e. The van der Waals surface area contributed by atoms with Gasteiger partial charge in [0, 0.05) is 30.6 Å². The van der Waals surface area contributed by atoms with E-state index in [1.54, 1.807) is 16.2 Å². The van der Waals surface area contributed by atoms with E-state index in [0.29, 0.717) is 31.5 Å². The van der Waals surface area contributed by atoms with Gasteiger partial charge in [-0.3, -0.25) is 9.59 Å². The minimum atomic E-state index is -3.49. The molecule has 0 bridgehead atoms. The van der Waals surface area contributed by atoms with Crippen molar-refractivity contribution in [3.63, 3.8) is 0 Å². The molecule has 2 heterocycles. The highest BCUT2D eigenvalue weighted by molar-refractivity contribution is 7.92. The van der Waals surface area contributed by atoms with Gasteiger partial charge >= 0.3 is 0 Å². The van der Waals surface area contributed by atoms with Crippen molar-refractivity contribution in [1.82, 2.24) is 10.2 Å². The number of thiophene rings is 1. The summed E-state index contributed by atoms with van der Waals surface area (Å²) in [6, 6.07) is 11.5. The van der Waals surface area contributed by atoms with Crippen molar-refractivity contribution in [3.05, 3.63) is 47.3 Å². The number of nitrogens with zero attached hydrogens (tertiary/aromatic N) is 1. The van der Waals surface area contributed by atoms with Crippen molar-refractivity contribution in [3.8, 4) is 10.4 Å². The molecule has 27 heavy (non-hydrogen) atoms. The summed E-state index contributed by atoms with van der Waals surface area (Å²) in [6.07, 6.45) is 0.719. The van der Waals surface area contributed by atoms with Crippen molar-refractivity contribution in [2.75, 3.05) is 25.9 Å². The maximum absolute atomic E-state index is 12.7. The number of nitrogens with one attached hydrogen (secondary N) is 1. The average molecular weight is 407 g/mol. The quantitative estimate of drug-likeness (QED) is 0.825. The van der Waals surface area contributed by atoms with Crippen LogP contribution in [0.2, 0.25) is 0 Å². The topological polar surface area (TPSA) is 83.6 Å². The fourth-order valence-electron chi connectivity index (χ4n) is 3.19. The molecule has 0 saturated carbocycles. The number of benzene rings is 1. The summed E-state index contributed by atoms with van der Waals surface area (Å²) in [6.45, 7) is 0.756. The lowest BCUT2D eigenvalue weighted by molar-refractivity contribution is -0.118. The van der Waals surface area contributed by atoms with Crippen molar-refractivity contribution in [1.29, 1.82) is 0 Å². The molecule has 8 heteroatoms. The van der Waals surface area contributed by atoms with Crippen LogP contribution in [-0.2, 0) is 14.6 Å². The van der Waals surface area contributed by atoms with E-state index in [2.05, 4.69) is 5.32 Å². The van der Waals surface area contributed by atoms with E-state index in [1.807, 2.05) is 41.8 Å². The van der Waals surface area contributed by atoms with Crippen LogP contribution in [0.3, 0.4) is 0 Å². The van der Waals surface area contributed by atoms with Gasteiger partial charge in [0.1, 0.15) is 5.75 Å². The van der Waals surface area contributed by atoms with Gasteiger partial charge < -0.3 is 10.2 Å². The zero-order valence-corrected chi connectivity index (χ0v) is 16.7. The molecule has 1 aromatic heterocycles. The predicted octanol–water partition coefficient (Wildman–Crippen LogP) is 2.18. The molecule has 1 aliphatic rings. The molecule has 2 aromatic rings. The third kappa shape index (κ3) is 4.56. The Kier molecular flexibility index (Phi) is 5.96. The van der Waals surface area contributed by atoms with Crippen LogP contribution in [0.1, 0.15) is 23.2 Å². The number of amides is 2. The molecule has 0 radical (unpaired) electrons. The van der Waals surface area contributed by atoms with Crippen LogP contribution in [0.25, 0.3) is 10.4 Å². The number of likely N-dealkylation sites (tertiary alicyclic amines) is 1. The van der Waals surface area contributed by atoms with Gasteiger partial charge in [-0.2, -0.15) is 0 Å². The molecular weight excluding hydrogens is 384 g/mol. The van der Waals surface area contributed by atoms with E-state index < -0.39 is 26.7 Å². The van der Waals surface area contributed by atoms with E-state index in [0.717, 1.165) is 10.4 Å². The van der Waals surface area contributed by atoms with E-state index >= 15 is 0 Å². The van der Waals surface area contributed by atoms with Gasteiger partial charge in [0.25, 0.3) is 5.91 Å². The number of rotatable bonds is 5. The molecule has 1 fully saturated rings. The van der Waals surface area contributed by atoms with Gasteiger partial charge in [0.2, 0.25) is 5.91 Å². The molecule has 3 rings (SSSR count). The standard InChI is InChI=1S/C19H22N2O4S2/c1-20-18(22)13-27(24,25)16-8-10-21(11-9-16)19(23)15-6-4-14(5-7-15)17-3-2-12-26-17/h2-7,12,16H,8-11,13H2,1H3,(H,20,22). The fourth-order valence-corrected chi connectivity index (χ4v) is 5.60. The van der Waals surface area contributed by atoms with Crippen molar-refractivity contribution >= 4 is 33.0 Å². The summed E-state index contributed by atoms with van der Waals surface area (Å²) in [5.41, 5.74) is 1.67. The molecule has 0 unspecified atom stereocenters. The lowest BCUT2D eigenvalue weighted by atomic mass is 10.1. The van der Waals surface area contributed by atoms with Crippen LogP contribution in [0, 0.1) is 0 Å². The second-order valence-electron chi connectivity index (χ2n) is 6.53. The lowest BCUT2D eigenvalue weighted by Gasteiger charge is -2.31. The van der Waals surface area contributed by atoms with Crippen LogP contribution in [-0.4, -0.2) is 56.3 Å². The first kappa shape index (κ1) is 19.6. The number of piperidine rings is 1. The molecule has 0 atom stereocenters. The number of hydrogen-bond donors (Lipinski definition) is 1. The largest absolute Gasteiger partial charge is 0.358 e. The van der Waals surface area contributed by atoms with Crippen molar-refractivity contribution in [2.24, 2.45) is 0 Å². The normalized spacial score (nSPS) is 15.5. The zero-order chi connectivity index (χ0) is 19.4. The van der Waals surface area contributed by atoms with Crippen LogP contribution in [0.15, 0.2) is 41.8 Å². The van der Waals surface area contributed by atoms with Crippen LogP contribution >= 0.6 is 11.3 Å². The summed E-state index contributed by atoms with van der Waals surface area (Å²) in [7, 11) is -2.07. The number of carbonyl (C=O) groups excluding carboxylic acids is 2. The second-order valence-corrected chi connectivity index (χ2v) is 9.76. The van der Waals surface area contributed by atoms with Gasteiger partial charge in [-0.1, -0.05) is 18.2 Å². The molecule has 1 saturated heterocycles. The molecule has 0 spiro atoms. The van der Waals surface area contributed by atoms with Crippen LogP contribution < -0.4 is 5.32 Å². The molecule has 6 nitrogen and oxygen atoms in total. The molecular formula is C19H22N2O4S2. The maximum Gasteiger partial charge on any atom is 0.253 e.